The fourth-order valence-electron chi connectivity index (χ4n) is 2.94. The normalized spacial score (nSPS) is 15.0. The van der Waals surface area contributed by atoms with Gasteiger partial charge in [0.1, 0.15) is 0 Å². The molecule has 6 heteroatoms. The Morgan fingerprint density at radius 3 is 2.58 bits per heavy atom. The predicted octanol–water partition coefficient (Wildman–Crippen LogP) is 5.34. The van der Waals surface area contributed by atoms with Crippen molar-refractivity contribution < 1.29 is 13.2 Å². The highest BCUT2D eigenvalue weighted by Gasteiger charge is 2.32. The van der Waals surface area contributed by atoms with Crippen molar-refractivity contribution in [3.8, 4) is 0 Å². The molecule has 0 fully saturated rings. The van der Waals surface area contributed by atoms with Crippen LogP contribution in [-0.2, 0) is 24.8 Å². The molecule has 0 aliphatic carbocycles. The lowest BCUT2D eigenvalue weighted by molar-refractivity contribution is -0.138. The van der Waals surface area contributed by atoms with Gasteiger partial charge in [-0.2, -0.15) is 13.2 Å². The van der Waals surface area contributed by atoms with Gasteiger partial charge in [0.2, 0.25) is 0 Å². The molecule has 0 radical (unpaired) electrons. The summed E-state index contributed by atoms with van der Waals surface area (Å²) in [7, 11) is 0. The van der Waals surface area contributed by atoms with Crippen molar-refractivity contribution >= 4 is 23.4 Å². The minimum atomic E-state index is -4.33. The summed E-state index contributed by atoms with van der Waals surface area (Å²) in [6.45, 7) is 1.77. The van der Waals surface area contributed by atoms with Gasteiger partial charge >= 0.3 is 6.18 Å². The lowest BCUT2D eigenvalue weighted by Gasteiger charge is -2.16. The van der Waals surface area contributed by atoms with E-state index in [9.17, 15) is 13.2 Å². The summed E-state index contributed by atoms with van der Waals surface area (Å²) >= 11 is 7.74. The third-order valence-electron chi connectivity index (χ3n) is 4.13. The van der Waals surface area contributed by atoms with Crippen LogP contribution in [0.4, 0.5) is 13.2 Å². The second kappa shape index (κ2) is 7.38. The summed E-state index contributed by atoms with van der Waals surface area (Å²) in [4.78, 5) is 0.912. The molecule has 0 saturated heterocycles. The molecule has 24 heavy (non-hydrogen) atoms. The molecule has 2 aromatic rings. The van der Waals surface area contributed by atoms with Crippen LogP contribution in [0.1, 0.15) is 22.3 Å². The van der Waals surface area contributed by atoms with Gasteiger partial charge in [-0.3, -0.25) is 0 Å². The molecule has 1 N–H and O–H groups in total. The predicted molar refractivity (Wildman–Crippen MR) is 92.7 cm³/mol. The van der Waals surface area contributed by atoms with E-state index in [4.69, 9.17) is 11.6 Å². The molecule has 3 rings (SSSR count). The molecule has 0 amide bonds. The molecule has 1 heterocycles. The summed E-state index contributed by atoms with van der Waals surface area (Å²) in [6.07, 6.45) is -2.57. The largest absolute Gasteiger partial charge is 0.416 e. The fraction of sp³-hybridized carbons (Fsp3) is 0.333. The quantitative estimate of drug-likeness (QED) is 0.731. The highest BCUT2D eigenvalue weighted by Crippen LogP contribution is 2.39. The van der Waals surface area contributed by atoms with Crippen LogP contribution < -0.4 is 5.32 Å². The monoisotopic (exact) mass is 371 g/mol. The highest BCUT2D eigenvalue weighted by molar-refractivity contribution is 7.98. The third kappa shape index (κ3) is 3.90. The van der Waals surface area contributed by atoms with E-state index in [-0.39, 0.29) is 11.3 Å². The Bertz CT molecular complexity index is 731. The topological polar surface area (TPSA) is 12.0 Å². The van der Waals surface area contributed by atoms with Crippen LogP contribution in [0.25, 0.3) is 0 Å². The van der Waals surface area contributed by atoms with Gasteiger partial charge in [-0.15, -0.1) is 11.8 Å². The molecule has 1 aliphatic heterocycles. The Labute approximate surface area is 148 Å². The number of benzene rings is 2. The Morgan fingerprint density at radius 2 is 1.79 bits per heavy atom. The molecule has 128 valence electrons. The molecule has 1 aliphatic rings. The van der Waals surface area contributed by atoms with Gasteiger partial charge < -0.3 is 5.32 Å². The van der Waals surface area contributed by atoms with E-state index < -0.39 is 11.7 Å². The maximum absolute atomic E-state index is 13.1. The Balaban J connectivity index is 1.88. The van der Waals surface area contributed by atoms with Gasteiger partial charge in [-0.25, -0.2) is 0 Å². The molecule has 0 unspecified atom stereocenters. The lowest BCUT2D eigenvalue weighted by Crippen LogP contribution is -2.16. The van der Waals surface area contributed by atoms with E-state index >= 15 is 0 Å². The number of hydrogen-bond donors (Lipinski definition) is 1. The first-order valence-corrected chi connectivity index (χ1v) is 9.12. The Kier molecular flexibility index (Phi) is 5.42. The van der Waals surface area contributed by atoms with Crippen LogP contribution in [0.2, 0.25) is 5.02 Å². The van der Waals surface area contributed by atoms with Crippen molar-refractivity contribution in [1.82, 2.24) is 5.32 Å². The zero-order valence-electron chi connectivity index (χ0n) is 12.9. The number of halogens is 4. The highest BCUT2D eigenvalue weighted by atomic mass is 35.5. The summed E-state index contributed by atoms with van der Waals surface area (Å²) in [5.74, 6) is 0.249. The van der Waals surface area contributed by atoms with Crippen LogP contribution in [0.3, 0.4) is 0 Å². The molecule has 0 saturated carbocycles. The smallest absolute Gasteiger partial charge is 0.316 e. The lowest BCUT2D eigenvalue weighted by atomic mass is 10.0. The van der Waals surface area contributed by atoms with E-state index in [1.54, 1.807) is 6.07 Å². The average molecular weight is 372 g/mol. The molecule has 0 spiro atoms. The van der Waals surface area contributed by atoms with E-state index in [2.05, 4.69) is 5.32 Å². The van der Waals surface area contributed by atoms with Crippen molar-refractivity contribution in [2.24, 2.45) is 0 Å². The average Bonchev–Trinajstić information content (AvgIpc) is 2.79. The number of thioether (sulfide) groups is 1. The summed E-state index contributed by atoms with van der Waals surface area (Å²) in [5, 5.41) is 3.96. The van der Waals surface area contributed by atoms with Gasteiger partial charge in [0.15, 0.2) is 0 Å². The van der Waals surface area contributed by atoms with Gasteiger partial charge in [0.05, 0.1) is 10.6 Å². The van der Waals surface area contributed by atoms with Gasteiger partial charge in [0.25, 0.3) is 0 Å². The molecule has 0 bridgehead atoms. The minimum absolute atomic E-state index is 0.249. The SMILES string of the molecule is FC(F)(F)c1ccccc1CSc1c(Cl)ccc2c1CCNCC2. The standard InChI is InChI=1S/C18H17ClF3NS/c19-16-6-5-12-7-9-23-10-8-14(12)17(16)24-11-13-3-1-2-4-15(13)18(20,21)22/h1-6,23H,7-11H2. The minimum Gasteiger partial charge on any atom is -0.316 e. The Morgan fingerprint density at radius 1 is 1.04 bits per heavy atom. The van der Waals surface area contributed by atoms with Gasteiger partial charge in [0, 0.05) is 10.6 Å². The third-order valence-corrected chi connectivity index (χ3v) is 5.76. The first-order chi connectivity index (χ1) is 11.5. The van der Waals surface area contributed by atoms with Crippen molar-refractivity contribution in [2.45, 2.75) is 29.7 Å². The van der Waals surface area contributed by atoms with E-state index in [0.717, 1.165) is 36.9 Å². The molecule has 0 aromatic heterocycles. The Hall–Kier alpha value is -1.17. The maximum atomic E-state index is 13.1. The number of hydrogen-bond acceptors (Lipinski definition) is 2. The van der Waals surface area contributed by atoms with Gasteiger partial charge in [-0.1, -0.05) is 35.9 Å². The van der Waals surface area contributed by atoms with Crippen LogP contribution in [0, 0.1) is 0 Å². The molecule has 0 atom stereocenters. The van der Waals surface area contributed by atoms with Gasteiger partial charge in [-0.05, 0) is 54.8 Å². The van der Waals surface area contributed by atoms with E-state index in [1.807, 2.05) is 12.1 Å². The molecular formula is C18H17ClF3NS. The van der Waals surface area contributed by atoms with E-state index in [1.165, 1.54) is 35.0 Å². The summed E-state index contributed by atoms with van der Waals surface area (Å²) in [6, 6.07) is 9.61. The van der Waals surface area contributed by atoms with Crippen molar-refractivity contribution in [3.05, 3.63) is 63.7 Å². The second-order valence-electron chi connectivity index (χ2n) is 5.71. The fourth-order valence-corrected chi connectivity index (χ4v) is 4.44. The first-order valence-electron chi connectivity index (χ1n) is 7.75. The number of rotatable bonds is 3. The van der Waals surface area contributed by atoms with Crippen molar-refractivity contribution in [2.75, 3.05) is 13.1 Å². The van der Waals surface area contributed by atoms with Crippen LogP contribution >= 0.6 is 23.4 Å². The molecular weight excluding hydrogens is 355 g/mol. The summed E-state index contributed by atoms with van der Waals surface area (Å²) < 4.78 is 39.4. The number of fused-ring (bicyclic) bond motifs is 1. The van der Waals surface area contributed by atoms with Crippen LogP contribution in [0.15, 0.2) is 41.3 Å². The first kappa shape index (κ1) is 17.6. The zero-order valence-corrected chi connectivity index (χ0v) is 14.5. The van der Waals surface area contributed by atoms with Crippen molar-refractivity contribution in [1.29, 1.82) is 0 Å². The van der Waals surface area contributed by atoms with E-state index in [0.29, 0.717) is 5.02 Å². The second-order valence-corrected chi connectivity index (χ2v) is 7.10. The summed E-state index contributed by atoms with van der Waals surface area (Å²) in [5.41, 5.74) is 2.12. The van der Waals surface area contributed by atoms with Crippen LogP contribution in [0.5, 0.6) is 0 Å². The maximum Gasteiger partial charge on any atom is 0.416 e. The number of alkyl halides is 3. The zero-order chi connectivity index (χ0) is 17.2. The van der Waals surface area contributed by atoms with Crippen LogP contribution in [-0.4, -0.2) is 13.1 Å². The van der Waals surface area contributed by atoms with Crippen molar-refractivity contribution in [3.63, 3.8) is 0 Å². The molecule has 2 aromatic carbocycles. The number of nitrogens with one attached hydrogen (secondary N) is 1. The molecule has 1 nitrogen and oxygen atoms in total.